The highest BCUT2D eigenvalue weighted by Crippen LogP contribution is 2.35. The van der Waals surface area contributed by atoms with Gasteiger partial charge in [0, 0.05) is 23.9 Å². The van der Waals surface area contributed by atoms with Crippen molar-refractivity contribution in [2.75, 3.05) is 11.9 Å². The number of rotatable bonds is 4. The van der Waals surface area contributed by atoms with Crippen molar-refractivity contribution < 1.29 is 18.0 Å². The molecule has 5 rings (SSSR count). The van der Waals surface area contributed by atoms with E-state index in [2.05, 4.69) is 24.1 Å². The van der Waals surface area contributed by atoms with Crippen LogP contribution < -0.4 is 5.32 Å². The first-order valence-electron chi connectivity index (χ1n) is 11.4. The average molecular weight is 462 g/mol. The molecular formula is C27H25F2N3O2. The Morgan fingerprint density at radius 1 is 1.09 bits per heavy atom. The number of amides is 2. The zero-order valence-corrected chi connectivity index (χ0v) is 19.0. The number of carbonyl (C=O) groups excluding carboxylic acids is 1. The number of benzene rings is 3. The monoisotopic (exact) mass is 461 g/mol. The van der Waals surface area contributed by atoms with E-state index in [-0.39, 0.29) is 12.1 Å². The minimum atomic E-state index is -0.636. The maximum Gasteiger partial charge on any atom is 0.322 e. The number of hydrogen-bond acceptors (Lipinski definition) is 3. The molecule has 0 saturated carbocycles. The molecule has 1 saturated heterocycles. The lowest BCUT2D eigenvalue weighted by atomic mass is 10.0. The SMILES string of the molecule is CC(C)c1ccc(NC(=O)N2CCC[C@H]2c2nc3cc(-c4ccc(F)cc4F)ccc3o2)cc1. The summed E-state index contributed by atoms with van der Waals surface area (Å²) < 4.78 is 33.5. The normalized spacial score (nSPS) is 15.9. The molecule has 1 fully saturated rings. The number of oxazole rings is 1. The Bertz CT molecular complexity index is 1350. The van der Waals surface area contributed by atoms with Gasteiger partial charge in [-0.05, 0) is 66.3 Å². The molecule has 174 valence electrons. The van der Waals surface area contributed by atoms with Crippen LogP contribution in [0.4, 0.5) is 19.3 Å². The molecule has 0 aliphatic carbocycles. The molecule has 0 unspecified atom stereocenters. The summed E-state index contributed by atoms with van der Waals surface area (Å²) in [6.07, 6.45) is 1.58. The van der Waals surface area contributed by atoms with Crippen molar-refractivity contribution in [3.63, 3.8) is 0 Å². The van der Waals surface area contributed by atoms with Crippen LogP contribution in [0.1, 0.15) is 50.1 Å². The van der Waals surface area contributed by atoms with Crippen molar-refractivity contribution in [1.29, 1.82) is 0 Å². The summed E-state index contributed by atoms with van der Waals surface area (Å²) in [7, 11) is 0. The first kappa shape index (κ1) is 22.1. The summed E-state index contributed by atoms with van der Waals surface area (Å²) in [6, 6.07) is 16.0. The molecule has 0 spiro atoms. The van der Waals surface area contributed by atoms with E-state index in [1.54, 1.807) is 23.1 Å². The van der Waals surface area contributed by atoms with E-state index in [1.807, 2.05) is 24.3 Å². The highest BCUT2D eigenvalue weighted by atomic mass is 19.1. The topological polar surface area (TPSA) is 58.4 Å². The maximum atomic E-state index is 14.2. The fourth-order valence-electron chi connectivity index (χ4n) is 4.39. The van der Waals surface area contributed by atoms with E-state index in [0.717, 1.165) is 24.6 Å². The first-order valence-corrected chi connectivity index (χ1v) is 11.4. The van der Waals surface area contributed by atoms with Crippen molar-refractivity contribution in [2.45, 2.75) is 38.6 Å². The third kappa shape index (κ3) is 4.25. The number of fused-ring (bicyclic) bond motifs is 1. The summed E-state index contributed by atoms with van der Waals surface area (Å²) in [5.74, 6) is -0.383. The number of hydrogen-bond donors (Lipinski definition) is 1. The first-order chi connectivity index (χ1) is 16.4. The van der Waals surface area contributed by atoms with Crippen LogP contribution in [0.5, 0.6) is 0 Å². The van der Waals surface area contributed by atoms with Crippen molar-refractivity contribution in [1.82, 2.24) is 9.88 Å². The van der Waals surface area contributed by atoms with E-state index in [0.29, 0.717) is 40.6 Å². The molecule has 1 N–H and O–H groups in total. The van der Waals surface area contributed by atoms with Crippen molar-refractivity contribution in [3.8, 4) is 11.1 Å². The molecular weight excluding hydrogens is 436 g/mol. The molecule has 0 bridgehead atoms. The second-order valence-corrected chi connectivity index (χ2v) is 8.92. The fraction of sp³-hybridized carbons (Fsp3) is 0.259. The van der Waals surface area contributed by atoms with Crippen LogP contribution in [0.15, 0.2) is 65.1 Å². The molecule has 1 aromatic heterocycles. The van der Waals surface area contributed by atoms with E-state index in [9.17, 15) is 13.6 Å². The Morgan fingerprint density at radius 3 is 2.62 bits per heavy atom. The molecule has 1 aliphatic rings. The smallest absolute Gasteiger partial charge is 0.322 e. The number of carbonyl (C=O) groups is 1. The Kier molecular flexibility index (Phi) is 5.77. The standard InChI is InChI=1S/C27H25F2N3O2/c1-16(2)17-5-9-20(10-6-17)30-27(33)32-13-3-4-24(32)26-31-23-14-18(7-12-25(23)34-26)21-11-8-19(28)15-22(21)29/h5-12,14-16,24H,3-4,13H2,1-2H3,(H,30,33)/t24-/m0/s1. The fourth-order valence-corrected chi connectivity index (χ4v) is 4.39. The number of urea groups is 1. The zero-order chi connectivity index (χ0) is 23.8. The van der Waals surface area contributed by atoms with Crippen LogP contribution in [-0.2, 0) is 0 Å². The predicted octanol–water partition coefficient (Wildman–Crippen LogP) is 7.27. The van der Waals surface area contributed by atoms with Gasteiger partial charge in [0.1, 0.15) is 23.2 Å². The quantitative estimate of drug-likeness (QED) is 0.348. The Labute approximate surface area is 196 Å². The third-order valence-corrected chi connectivity index (χ3v) is 6.27. The van der Waals surface area contributed by atoms with E-state index >= 15 is 0 Å². The van der Waals surface area contributed by atoms with Crippen LogP contribution in [0.2, 0.25) is 0 Å². The number of aromatic nitrogens is 1. The van der Waals surface area contributed by atoms with Gasteiger partial charge in [-0.1, -0.05) is 32.0 Å². The van der Waals surface area contributed by atoms with Gasteiger partial charge in [0.2, 0.25) is 5.89 Å². The number of nitrogens with one attached hydrogen (secondary N) is 1. The molecule has 0 radical (unpaired) electrons. The van der Waals surface area contributed by atoms with E-state index < -0.39 is 11.6 Å². The highest BCUT2D eigenvalue weighted by molar-refractivity contribution is 5.90. The van der Waals surface area contributed by atoms with E-state index in [4.69, 9.17) is 4.42 Å². The average Bonchev–Trinajstić information content (AvgIpc) is 3.46. The summed E-state index contributed by atoms with van der Waals surface area (Å²) in [5, 5.41) is 2.97. The molecule has 4 aromatic rings. The second kappa shape index (κ2) is 8.89. The lowest BCUT2D eigenvalue weighted by Gasteiger charge is -2.22. The lowest BCUT2D eigenvalue weighted by molar-refractivity contribution is 0.199. The summed E-state index contributed by atoms with van der Waals surface area (Å²) in [5.41, 5.74) is 3.94. The van der Waals surface area contributed by atoms with Gasteiger partial charge < -0.3 is 14.6 Å². The van der Waals surface area contributed by atoms with Crippen molar-refractivity contribution in [2.24, 2.45) is 0 Å². The van der Waals surface area contributed by atoms with Gasteiger partial charge in [-0.3, -0.25) is 0 Å². The van der Waals surface area contributed by atoms with Gasteiger partial charge in [-0.15, -0.1) is 0 Å². The van der Waals surface area contributed by atoms with Gasteiger partial charge in [-0.25, -0.2) is 18.6 Å². The van der Waals surface area contributed by atoms with Crippen LogP contribution >= 0.6 is 0 Å². The van der Waals surface area contributed by atoms with Gasteiger partial charge in [0.05, 0.1) is 0 Å². The summed E-state index contributed by atoms with van der Waals surface area (Å²) in [4.78, 5) is 19.4. The lowest BCUT2D eigenvalue weighted by Crippen LogP contribution is -2.34. The van der Waals surface area contributed by atoms with Crippen molar-refractivity contribution in [3.05, 3.63) is 83.8 Å². The van der Waals surface area contributed by atoms with Gasteiger partial charge in [-0.2, -0.15) is 0 Å². The summed E-state index contributed by atoms with van der Waals surface area (Å²) >= 11 is 0. The van der Waals surface area contributed by atoms with Crippen LogP contribution in [0, 0.1) is 11.6 Å². The number of nitrogens with zero attached hydrogens (tertiary/aromatic N) is 2. The Morgan fingerprint density at radius 2 is 1.88 bits per heavy atom. The van der Waals surface area contributed by atoms with Crippen LogP contribution in [0.25, 0.3) is 22.2 Å². The molecule has 5 nitrogen and oxygen atoms in total. The minimum absolute atomic E-state index is 0.198. The molecule has 1 atom stereocenters. The maximum absolute atomic E-state index is 14.2. The Balaban J connectivity index is 1.37. The van der Waals surface area contributed by atoms with Gasteiger partial charge >= 0.3 is 6.03 Å². The zero-order valence-electron chi connectivity index (χ0n) is 19.0. The van der Waals surface area contributed by atoms with Crippen LogP contribution in [0.3, 0.4) is 0 Å². The van der Waals surface area contributed by atoms with Gasteiger partial charge in [0.15, 0.2) is 5.58 Å². The molecule has 34 heavy (non-hydrogen) atoms. The van der Waals surface area contributed by atoms with Crippen LogP contribution in [-0.4, -0.2) is 22.5 Å². The largest absolute Gasteiger partial charge is 0.438 e. The van der Waals surface area contributed by atoms with E-state index in [1.165, 1.54) is 17.7 Å². The molecule has 3 aromatic carbocycles. The summed E-state index contributed by atoms with van der Waals surface area (Å²) in [6.45, 7) is 4.86. The molecule has 1 aliphatic heterocycles. The number of likely N-dealkylation sites (tertiary alicyclic amines) is 1. The third-order valence-electron chi connectivity index (χ3n) is 6.27. The Hall–Kier alpha value is -3.74. The molecule has 2 amide bonds. The second-order valence-electron chi connectivity index (χ2n) is 8.92. The predicted molar refractivity (Wildman–Crippen MR) is 128 cm³/mol. The minimum Gasteiger partial charge on any atom is -0.438 e. The molecule has 2 heterocycles. The van der Waals surface area contributed by atoms with Crippen molar-refractivity contribution >= 4 is 22.8 Å². The number of anilines is 1. The molecule has 7 heteroatoms. The number of halogens is 2. The highest BCUT2D eigenvalue weighted by Gasteiger charge is 2.33. The van der Waals surface area contributed by atoms with Gasteiger partial charge in [0.25, 0.3) is 0 Å².